The Bertz CT molecular complexity index is 142. The summed E-state index contributed by atoms with van der Waals surface area (Å²) >= 11 is 3.10. The predicted octanol–water partition coefficient (Wildman–Crippen LogP) is 0.876. The lowest BCUT2D eigenvalue weighted by Gasteiger charge is -1.69. The predicted molar refractivity (Wildman–Crippen MR) is 28.8 cm³/mol. The fourth-order valence-electron chi connectivity index (χ4n) is 0.318. The minimum atomic E-state index is 0.685. The van der Waals surface area contributed by atoms with Gasteiger partial charge in [-0.15, -0.1) is 10.2 Å². The summed E-state index contributed by atoms with van der Waals surface area (Å²) in [6.07, 6.45) is 0. The van der Waals surface area contributed by atoms with E-state index in [1.165, 1.54) is 0 Å². The van der Waals surface area contributed by atoms with Crippen molar-refractivity contribution >= 4 is 15.9 Å². The Kier molecular flexibility index (Phi) is 1.10. The Balaban J connectivity index is 3.04. The van der Waals surface area contributed by atoms with Crippen LogP contribution in [0.5, 0.6) is 0 Å². The molecule has 0 saturated heterocycles. The largest absolute Gasteiger partial charge is 0.320 e. The van der Waals surface area contributed by atoms with Crippen LogP contribution in [0.15, 0.2) is 4.73 Å². The molecule has 0 bridgehead atoms. The first kappa shape index (κ1) is 4.77. The van der Waals surface area contributed by atoms with Crippen LogP contribution in [-0.4, -0.2) is 15.2 Å². The highest BCUT2D eigenvalue weighted by molar-refractivity contribution is 9.10. The Labute approximate surface area is 49.3 Å². The second-order valence-electron chi connectivity index (χ2n) is 1.20. The molecule has 0 spiro atoms. The fraction of sp³-hybridized carbons (Fsp3) is 0.333. The summed E-state index contributed by atoms with van der Waals surface area (Å²) in [7, 11) is 0. The molecule has 0 radical (unpaired) electrons. The summed E-state index contributed by atoms with van der Waals surface area (Å²) in [6, 6.07) is 0. The Hall–Kier alpha value is -0.380. The quantitative estimate of drug-likeness (QED) is 0.614. The van der Waals surface area contributed by atoms with E-state index in [4.69, 9.17) is 0 Å². The molecule has 0 atom stereocenters. The highest BCUT2D eigenvalue weighted by Gasteiger charge is 1.87. The number of nitrogens with zero attached hydrogens (tertiary/aromatic N) is 2. The zero-order chi connectivity index (χ0) is 5.28. The van der Waals surface area contributed by atoms with Crippen LogP contribution in [0, 0.1) is 6.92 Å². The molecule has 0 amide bonds. The molecule has 4 heteroatoms. The zero-order valence-electron chi connectivity index (χ0n) is 3.77. The van der Waals surface area contributed by atoms with Crippen LogP contribution in [0.2, 0.25) is 0 Å². The molecule has 38 valence electrons. The molecule has 1 aromatic heterocycles. The lowest BCUT2D eigenvalue weighted by molar-refractivity contribution is 1.03. The van der Waals surface area contributed by atoms with Crippen LogP contribution in [-0.2, 0) is 0 Å². The van der Waals surface area contributed by atoms with Gasteiger partial charge >= 0.3 is 0 Å². The monoisotopic (exact) mass is 161 g/mol. The minimum Gasteiger partial charge on any atom is -0.320 e. The van der Waals surface area contributed by atoms with Crippen molar-refractivity contribution in [2.24, 2.45) is 0 Å². The van der Waals surface area contributed by atoms with Crippen molar-refractivity contribution in [1.29, 1.82) is 0 Å². The number of nitrogens with one attached hydrogen (secondary N) is 1. The summed E-state index contributed by atoms with van der Waals surface area (Å²) in [5.41, 5.74) is 0. The fourth-order valence-corrected chi connectivity index (χ4v) is 0.684. The molecule has 3 nitrogen and oxygen atoms in total. The first-order chi connectivity index (χ1) is 3.29. The number of aryl methyl sites for hydroxylation is 1. The number of H-pyrrole nitrogens is 1. The van der Waals surface area contributed by atoms with Crippen molar-refractivity contribution in [2.75, 3.05) is 0 Å². The minimum absolute atomic E-state index is 0.685. The van der Waals surface area contributed by atoms with Crippen LogP contribution in [0.1, 0.15) is 5.82 Å². The van der Waals surface area contributed by atoms with E-state index in [9.17, 15) is 0 Å². The molecule has 0 aliphatic carbocycles. The molecule has 0 aromatic carbocycles. The van der Waals surface area contributed by atoms with Crippen molar-refractivity contribution in [1.82, 2.24) is 15.2 Å². The first-order valence-corrected chi connectivity index (χ1v) is 2.63. The van der Waals surface area contributed by atoms with E-state index in [1.807, 2.05) is 6.92 Å². The average Bonchev–Trinajstić information content (AvgIpc) is 1.87. The molecule has 0 saturated carbocycles. The summed E-state index contributed by atoms with van der Waals surface area (Å²) in [5, 5.41) is 7.29. The molecule has 1 aromatic rings. The normalized spacial score (nSPS) is 9.43. The topological polar surface area (TPSA) is 41.6 Å². The van der Waals surface area contributed by atoms with Crippen LogP contribution >= 0.6 is 15.9 Å². The summed E-state index contributed by atoms with van der Waals surface area (Å²) < 4.78 is 0.685. The Morgan fingerprint density at radius 3 is 2.43 bits per heavy atom. The van der Waals surface area contributed by atoms with Gasteiger partial charge in [0.05, 0.1) is 0 Å². The Morgan fingerprint density at radius 1 is 1.57 bits per heavy atom. The number of aromatic nitrogens is 3. The summed E-state index contributed by atoms with van der Waals surface area (Å²) in [4.78, 5) is 2.83. The number of hydrogen-bond donors (Lipinski definition) is 1. The van der Waals surface area contributed by atoms with E-state index < -0.39 is 0 Å². The SMILES string of the molecule is Cc1nnc(Br)[nH]1. The highest BCUT2D eigenvalue weighted by Crippen LogP contribution is 1.97. The van der Waals surface area contributed by atoms with Gasteiger partial charge in [-0.1, -0.05) is 0 Å². The molecule has 1 N–H and O–H groups in total. The van der Waals surface area contributed by atoms with Gasteiger partial charge in [-0.05, 0) is 22.9 Å². The third kappa shape index (κ3) is 0.991. The number of aromatic amines is 1. The molecular formula is C3H4BrN3. The molecule has 7 heavy (non-hydrogen) atoms. The zero-order valence-corrected chi connectivity index (χ0v) is 5.36. The van der Waals surface area contributed by atoms with Gasteiger partial charge in [-0.25, -0.2) is 0 Å². The summed E-state index contributed by atoms with van der Waals surface area (Å²) in [6.45, 7) is 1.84. The van der Waals surface area contributed by atoms with E-state index in [0.29, 0.717) is 4.73 Å². The van der Waals surface area contributed by atoms with Gasteiger partial charge in [-0.3, -0.25) is 0 Å². The maximum Gasteiger partial charge on any atom is 0.197 e. The standard InChI is InChI=1S/C3H4BrN3/c1-2-5-3(4)7-6-2/h1H3,(H,5,6,7). The van der Waals surface area contributed by atoms with Crippen molar-refractivity contribution in [3.05, 3.63) is 10.6 Å². The van der Waals surface area contributed by atoms with E-state index in [2.05, 4.69) is 31.1 Å². The van der Waals surface area contributed by atoms with Gasteiger partial charge < -0.3 is 4.98 Å². The Morgan fingerprint density at radius 2 is 2.29 bits per heavy atom. The van der Waals surface area contributed by atoms with Crippen molar-refractivity contribution in [3.63, 3.8) is 0 Å². The number of rotatable bonds is 0. The lowest BCUT2D eigenvalue weighted by Crippen LogP contribution is -1.69. The molecular weight excluding hydrogens is 158 g/mol. The average molecular weight is 162 g/mol. The van der Waals surface area contributed by atoms with Crippen LogP contribution in [0.3, 0.4) is 0 Å². The molecule has 0 aliphatic heterocycles. The van der Waals surface area contributed by atoms with Gasteiger partial charge in [0.15, 0.2) is 4.73 Å². The van der Waals surface area contributed by atoms with Gasteiger partial charge in [0.1, 0.15) is 5.82 Å². The van der Waals surface area contributed by atoms with Crippen LogP contribution in [0.25, 0.3) is 0 Å². The van der Waals surface area contributed by atoms with Gasteiger partial charge in [0, 0.05) is 0 Å². The summed E-state index contributed by atoms with van der Waals surface area (Å²) in [5.74, 6) is 0.826. The van der Waals surface area contributed by atoms with Crippen LogP contribution < -0.4 is 0 Å². The molecule has 0 unspecified atom stereocenters. The first-order valence-electron chi connectivity index (χ1n) is 1.84. The van der Waals surface area contributed by atoms with E-state index in [1.54, 1.807) is 0 Å². The molecule has 0 fully saturated rings. The van der Waals surface area contributed by atoms with Gasteiger partial charge in [0.25, 0.3) is 0 Å². The third-order valence-corrected chi connectivity index (χ3v) is 0.929. The lowest BCUT2D eigenvalue weighted by atomic mass is 10.8. The van der Waals surface area contributed by atoms with Gasteiger partial charge in [-0.2, -0.15) is 0 Å². The van der Waals surface area contributed by atoms with Gasteiger partial charge in [0.2, 0.25) is 0 Å². The molecule has 1 rings (SSSR count). The molecule has 1 heterocycles. The second-order valence-corrected chi connectivity index (χ2v) is 1.95. The van der Waals surface area contributed by atoms with E-state index in [-0.39, 0.29) is 0 Å². The maximum absolute atomic E-state index is 3.66. The highest BCUT2D eigenvalue weighted by atomic mass is 79.9. The van der Waals surface area contributed by atoms with Crippen molar-refractivity contribution in [2.45, 2.75) is 6.92 Å². The third-order valence-electron chi connectivity index (χ3n) is 0.572. The molecule has 0 aliphatic rings. The number of halogens is 1. The van der Waals surface area contributed by atoms with E-state index in [0.717, 1.165) is 5.82 Å². The van der Waals surface area contributed by atoms with E-state index >= 15 is 0 Å². The number of hydrogen-bond acceptors (Lipinski definition) is 2. The van der Waals surface area contributed by atoms with Crippen molar-refractivity contribution in [3.8, 4) is 0 Å². The maximum atomic E-state index is 3.66. The smallest absolute Gasteiger partial charge is 0.197 e. The van der Waals surface area contributed by atoms with Crippen LogP contribution in [0.4, 0.5) is 0 Å². The second kappa shape index (κ2) is 1.61. The van der Waals surface area contributed by atoms with Crippen molar-refractivity contribution < 1.29 is 0 Å².